The van der Waals surface area contributed by atoms with E-state index in [4.69, 9.17) is 4.74 Å². The molecule has 0 aliphatic rings. The number of carbonyl (C=O) groups excluding carboxylic acids is 2. The van der Waals surface area contributed by atoms with Crippen molar-refractivity contribution in [3.8, 4) is 5.75 Å². The number of aryl methyl sites for hydroxylation is 1. The molecule has 0 fully saturated rings. The molecule has 2 aromatic carbocycles. The first-order valence-corrected chi connectivity index (χ1v) is 13.0. The number of nitrogens with one attached hydrogen (secondary N) is 1. The Kier molecular flexibility index (Phi) is 9.45. The van der Waals surface area contributed by atoms with E-state index >= 15 is 0 Å². The number of amides is 2. The fraction of sp³-hybridized carbons (Fsp3) is 0.462. The van der Waals surface area contributed by atoms with Crippen molar-refractivity contribution >= 4 is 21.8 Å². The van der Waals surface area contributed by atoms with E-state index in [1.807, 2.05) is 46.8 Å². The summed E-state index contributed by atoms with van der Waals surface area (Å²) in [6, 6.07) is 12.9. The van der Waals surface area contributed by atoms with Gasteiger partial charge in [0, 0.05) is 19.1 Å². The second-order valence-corrected chi connectivity index (χ2v) is 11.7. The van der Waals surface area contributed by atoms with Gasteiger partial charge in [0.05, 0.1) is 18.6 Å². The number of ether oxygens (including phenoxy) is 1. The normalized spacial score (nSPS) is 12.8. The number of rotatable bonds is 10. The second-order valence-electron chi connectivity index (χ2n) is 9.61. The minimum absolute atomic E-state index is 0.109. The quantitative estimate of drug-likeness (QED) is 0.537. The number of hydrogen-bond donors (Lipinski definition) is 1. The van der Waals surface area contributed by atoms with Gasteiger partial charge in [-0.1, -0.05) is 36.8 Å². The van der Waals surface area contributed by atoms with Crippen LogP contribution in [0.4, 0.5) is 0 Å². The zero-order valence-electron chi connectivity index (χ0n) is 21.7. The van der Waals surface area contributed by atoms with Crippen molar-refractivity contribution in [1.29, 1.82) is 0 Å². The number of hydrogen-bond acceptors (Lipinski definition) is 5. The molecule has 192 valence electrons. The summed E-state index contributed by atoms with van der Waals surface area (Å²) in [6.45, 7) is 9.06. The van der Waals surface area contributed by atoms with Crippen molar-refractivity contribution < 1.29 is 22.7 Å². The molecule has 2 amide bonds. The lowest BCUT2D eigenvalue weighted by Gasteiger charge is -2.34. The van der Waals surface area contributed by atoms with Crippen LogP contribution in [0.5, 0.6) is 5.75 Å². The molecule has 0 saturated carbocycles. The Hall–Kier alpha value is -2.91. The van der Waals surface area contributed by atoms with Gasteiger partial charge in [-0.05, 0) is 63.9 Å². The summed E-state index contributed by atoms with van der Waals surface area (Å²) in [7, 11) is -0.940. The van der Waals surface area contributed by atoms with Crippen LogP contribution < -0.4 is 10.1 Å². The molecule has 35 heavy (non-hydrogen) atoms. The Morgan fingerprint density at radius 1 is 1.03 bits per heavy atom. The van der Waals surface area contributed by atoms with Gasteiger partial charge in [0.1, 0.15) is 11.8 Å². The van der Waals surface area contributed by atoms with Crippen molar-refractivity contribution in [2.75, 3.05) is 20.7 Å². The van der Waals surface area contributed by atoms with Gasteiger partial charge in [-0.3, -0.25) is 9.59 Å². The van der Waals surface area contributed by atoms with Gasteiger partial charge in [-0.2, -0.15) is 4.31 Å². The van der Waals surface area contributed by atoms with Crippen LogP contribution in [-0.4, -0.2) is 61.7 Å². The molecule has 0 aliphatic carbocycles. The first-order chi connectivity index (χ1) is 16.3. The maximum atomic E-state index is 13.5. The summed E-state index contributed by atoms with van der Waals surface area (Å²) < 4.78 is 32.3. The van der Waals surface area contributed by atoms with Crippen LogP contribution in [0.3, 0.4) is 0 Å². The highest BCUT2D eigenvalue weighted by Crippen LogP contribution is 2.19. The van der Waals surface area contributed by atoms with Crippen molar-refractivity contribution in [2.45, 2.75) is 64.1 Å². The van der Waals surface area contributed by atoms with Crippen molar-refractivity contribution in [2.24, 2.45) is 0 Å². The summed E-state index contributed by atoms with van der Waals surface area (Å²) in [5.74, 6) is -0.0751. The molecule has 0 saturated heterocycles. The molecular formula is C26H37N3O5S. The number of carbonyl (C=O) groups is 2. The predicted molar refractivity (Wildman–Crippen MR) is 137 cm³/mol. The van der Waals surface area contributed by atoms with Gasteiger partial charge >= 0.3 is 0 Å². The van der Waals surface area contributed by atoms with Crippen LogP contribution in [0, 0.1) is 6.92 Å². The number of likely N-dealkylation sites (N-methyl/N-ethyl adjacent to an activating group) is 1. The van der Waals surface area contributed by atoms with E-state index in [0.29, 0.717) is 12.2 Å². The third-order valence-electron chi connectivity index (χ3n) is 5.48. The summed E-state index contributed by atoms with van der Waals surface area (Å²) in [5, 5.41) is 2.94. The zero-order chi connectivity index (χ0) is 26.4. The molecule has 0 spiro atoms. The molecule has 2 rings (SSSR count). The Balaban J connectivity index is 2.34. The first-order valence-electron chi connectivity index (χ1n) is 11.6. The Labute approximate surface area is 209 Å². The van der Waals surface area contributed by atoms with Crippen LogP contribution in [-0.2, 0) is 26.2 Å². The average Bonchev–Trinajstić information content (AvgIpc) is 2.78. The summed E-state index contributed by atoms with van der Waals surface area (Å²) in [6.07, 6.45) is 0.373. The smallest absolute Gasteiger partial charge is 0.243 e. The molecule has 0 bridgehead atoms. The predicted octanol–water partition coefficient (Wildman–Crippen LogP) is 3.35. The highest BCUT2D eigenvalue weighted by atomic mass is 32.2. The van der Waals surface area contributed by atoms with Crippen LogP contribution in [0.2, 0.25) is 0 Å². The summed E-state index contributed by atoms with van der Waals surface area (Å²) in [5.41, 5.74) is 1.25. The lowest BCUT2D eigenvalue weighted by molar-refractivity contribution is -0.142. The van der Waals surface area contributed by atoms with E-state index in [1.165, 1.54) is 24.1 Å². The summed E-state index contributed by atoms with van der Waals surface area (Å²) in [4.78, 5) is 28.2. The molecule has 1 N–H and O–H groups in total. The standard InChI is InChI=1S/C26H37N3O5S/c1-8-23(25(31)27-26(3,4)5)29(17-20-11-13-21(34-7)14-12-20)24(30)18-28(6)35(32,33)22-15-9-19(2)10-16-22/h9-16,23H,8,17-18H2,1-7H3,(H,27,31). The van der Waals surface area contributed by atoms with Crippen molar-refractivity contribution in [3.05, 3.63) is 59.7 Å². The van der Waals surface area contributed by atoms with Crippen LogP contribution in [0.15, 0.2) is 53.4 Å². The Morgan fingerprint density at radius 3 is 2.09 bits per heavy atom. The molecule has 0 radical (unpaired) electrons. The molecule has 8 nitrogen and oxygen atoms in total. The summed E-state index contributed by atoms with van der Waals surface area (Å²) >= 11 is 0. The van der Waals surface area contributed by atoms with Crippen molar-refractivity contribution in [3.63, 3.8) is 0 Å². The van der Waals surface area contributed by atoms with Gasteiger partial charge in [0.25, 0.3) is 0 Å². The second kappa shape index (κ2) is 11.7. The van der Waals surface area contributed by atoms with Crippen molar-refractivity contribution in [1.82, 2.24) is 14.5 Å². The lowest BCUT2D eigenvalue weighted by atomic mass is 10.1. The monoisotopic (exact) mass is 503 g/mol. The minimum atomic E-state index is -3.88. The van der Waals surface area contributed by atoms with Gasteiger partial charge in [-0.25, -0.2) is 8.42 Å². The first kappa shape index (κ1) is 28.3. The van der Waals surface area contributed by atoms with E-state index in [-0.39, 0.29) is 17.3 Å². The van der Waals surface area contributed by atoms with Crippen LogP contribution in [0.1, 0.15) is 45.2 Å². The number of methoxy groups -OCH3 is 1. The third-order valence-corrected chi connectivity index (χ3v) is 7.30. The van der Waals surface area contributed by atoms with Crippen LogP contribution in [0.25, 0.3) is 0 Å². The number of sulfonamides is 1. The maximum absolute atomic E-state index is 13.5. The van der Waals surface area contributed by atoms with Crippen LogP contribution >= 0.6 is 0 Å². The molecular weight excluding hydrogens is 466 g/mol. The highest BCUT2D eigenvalue weighted by molar-refractivity contribution is 7.89. The molecule has 1 unspecified atom stereocenters. The van der Waals surface area contributed by atoms with E-state index in [1.54, 1.807) is 31.4 Å². The molecule has 1 atom stereocenters. The largest absolute Gasteiger partial charge is 0.497 e. The van der Waals surface area contributed by atoms with E-state index in [0.717, 1.165) is 15.4 Å². The van der Waals surface area contributed by atoms with E-state index in [2.05, 4.69) is 5.32 Å². The molecule has 2 aromatic rings. The fourth-order valence-corrected chi connectivity index (χ4v) is 4.68. The van der Waals surface area contributed by atoms with E-state index < -0.39 is 34.1 Å². The topological polar surface area (TPSA) is 96.0 Å². The molecule has 9 heteroatoms. The molecule has 0 aromatic heterocycles. The van der Waals surface area contributed by atoms with Gasteiger partial charge in [0.2, 0.25) is 21.8 Å². The number of nitrogens with zero attached hydrogens (tertiary/aromatic N) is 2. The van der Waals surface area contributed by atoms with Gasteiger partial charge in [0.15, 0.2) is 0 Å². The molecule has 0 heterocycles. The average molecular weight is 504 g/mol. The van der Waals surface area contributed by atoms with E-state index in [9.17, 15) is 18.0 Å². The van der Waals surface area contributed by atoms with Gasteiger partial charge in [-0.15, -0.1) is 0 Å². The maximum Gasteiger partial charge on any atom is 0.243 e. The Morgan fingerprint density at radius 2 is 1.60 bits per heavy atom. The number of benzene rings is 2. The lowest BCUT2D eigenvalue weighted by Crippen LogP contribution is -2.55. The minimum Gasteiger partial charge on any atom is -0.497 e. The zero-order valence-corrected chi connectivity index (χ0v) is 22.5. The van der Waals surface area contributed by atoms with Gasteiger partial charge < -0.3 is 15.0 Å². The third kappa shape index (κ3) is 7.80. The highest BCUT2D eigenvalue weighted by Gasteiger charge is 2.33. The molecule has 0 aliphatic heterocycles. The Bertz CT molecular complexity index is 1110. The SMILES string of the molecule is CCC(C(=O)NC(C)(C)C)N(Cc1ccc(OC)cc1)C(=O)CN(C)S(=O)(=O)c1ccc(C)cc1. The fourth-order valence-electron chi connectivity index (χ4n) is 3.56.